The molecular weight excluding hydrogens is 386 g/mol. The molecule has 26 heavy (non-hydrogen) atoms. The third kappa shape index (κ3) is 3.46. The number of anilines is 1. The Morgan fingerprint density at radius 1 is 0.846 bits per heavy atom. The Kier molecular flexibility index (Phi) is 4.67. The highest BCUT2D eigenvalue weighted by Gasteiger charge is 2.15. The summed E-state index contributed by atoms with van der Waals surface area (Å²) >= 11 is 3.49. The van der Waals surface area contributed by atoms with E-state index in [4.69, 9.17) is 9.98 Å². The summed E-state index contributed by atoms with van der Waals surface area (Å²) < 4.78 is 1.04. The molecule has 0 spiro atoms. The number of amidine groups is 2. The summed E-state index contributed by atoms with van der Waals surface area (Å²) in [5, 5.41) is 3.49. The van der Waals surface area contributed by atoms with Crippen molar-refractivity contribution in [1.82, 2.24) is 0 Å². The van der Waals surface area contributed by atoms with E-state index in [1.165, 1.54) is 5.56 Å². The highest BCUT2D eigenvalue weighted by molar-refractivity contribution is 9.10. The fraction of sp³-hybridized carbons (Fsp3) is 0.0909. The molecule has 3 aromatic rings. The molecule has 1 heterocycles. The standard InChI is InChI=1S/C22H18BrN3/c1-2-15-8-13-19-20(14-15)25-21(16-6-4-3-5-7-16)26-22(24-19)17-9-11-18(23)12-10-17/h3-14H,2H2,1H3,(H,24,25,26). The number of rotatable bonds is 3. The van der Waals surface area contributed by atoms with Crippen molar-refractivity contribution >= 4 is 39.0 Å². The second kappa shape index (κ2) is 7.26. The highest BCUT2D eigenvalue weighted by Crippen LogP contribution is 2.30. The number of aliphatic imine (C=N–C) groups is 2. The van der Waals surface area contributed by atoms with E-state index in [0.717, 1.165) is 39.2 Å². The molecule has 1 aliphatic rings. The van der Waals surface area contributed by atoms with Gasteiger partial charge in [-0.3, -0.25) is 0 Å². The molecule has 0 saturated carbocycles. The van der Waals surface area contributed by atoms with Gasteiger partial charge in [0.2, 0.25) is 0 Å². The summed E-state index contributed by atoms with van der Waals surface area (Å²) in [4.78, 5) is 9.70. The maximum absolute atomic E-state index is 4.86. The van der Waals surface area contributed by atoms with Crippen LogP contribution in [0.4, 0.5) is 11.4 Å². The van der Waals surface area contributed by atoms with Crippen LogP contribution in [0.2, 0.25) is 0 Å². The minimum absolute atomic E-state index is 0.701. The van der Waals surface area contributed by atoms with Crippen molar-refractivity contribution in [2.45, 2.75) is 13.3 Å². The third-order valence-electron chi connectivity index (χ3n) is 4.32. The summed E-state index contributed by atoms with van der Waals surface area (Å²) in [6.45, 7) is 2.15. The van der Waals surface area contributed by atoms with Crippen LogP contribution in [-0.4, -0.2) is 11.7 Å². The van der Waals surface area contributed by atoms with Gasteiger partial charge >= 0.3 is 0 Å². The molecule has 0 atom stereocenters. The molecule has 3 nitrogen and oxygen atoms in total. The van der Waals surface area contributed by atoms with E-state index in [9.17, 15) is 0 Å². The minimum Gasteiger partial charge on any atom is -0.338 e. The Hall–Kier alpha value is -2.72. The zero-order valence-corrected chi connectivity index (χ0v) is 16.0. The second-order valence-electron chi connectivity index (χ2n) is 6.10. The number of hydrogen-bond acceptors (Lipinski definition) is 3. The van der Waals surface area contributed by atoms with Gasteiger partial charge in [0.05, 0.1) is 11.4 Å². The summed E-state index contributed by atoms with van der Waals surface area (Å²) in [6.07, 6.45) is 0.982. The van der Waals surface area contributed by atoms with Crippen molar-refractivity contribution in [3.05, 3.63) is 94.0 Å². The van der Waals surface area contributed by atoms with Crippen molar-refractivity contribution in [2.75, 3.05) is 5.32 Å². The predicted molar refractivity (Wildman–Crippen MR) is 113 cm³/mol. The topological polar surface area (TPSA) is 36.8 Å². The van der Waals surface area contributed by atoms with Gasteiger partial charge < -0.3 is 5.32 Å². The Balaban J connectivity index is 1.88. The lowest BCUT2D eigenvalue weighted by Crippen LogP contribution is -2.15. The molecule has 0 aliphatic carbocycles. The summed E-state index contributed by atoms with van der Waals surface area (Å²) in [5.74, 6) is 1.51. The SMILES string of the molecule is CCc1ccc2c(c1)NC(c1ccccc1)=NC(c1ccc(Br)cc1)=N2. The molecule has 0 amide bonds. The number of fused-ring (bicyclic) bond motifs is 1. The van der Waals surface area contributed by atoms with Gasteiger partial charge in [-0.25, -0.2) is 9.98 Å². The number of nitrogens with zero attached hydrogens (tertiary/aromatic N) is 2. The zero-order chi connectivity index (χ0) is 17.9. The molecule has 0 saturated heterocycles. The first-order valence-corrected chi connectivity index (χ1v) is 9.41. The largest absolute Gasteiger partial charge is 0.338 e. The van der Waals surface area contributed by atoms with Gasteiger partial charge in [-0.15, -0.1) is 0 Å². The molecule has 0 radical (unpaired) electrons. The van der Waals surface area contributed by atoms with Crippen LogP contribution in [0.5, 0.6) is 0 Å². The lowest BCUT2D eigenvalue weighted by atomic mass is 10.1. The molecule has 0 fully saturated rings. The van der Waals surface area contributed by atoms with Crippen molar-refractivity contribution in [3.63, 3.8) is 0 Å². The first-order chi connectivity index (χ1) is 12.7. The Morgan fingerprint density at radius 3 is 2.35 bits per heavy atom. The molecular formula is C22H18BrN3. The Morgan fingerprint density at radius 2 is 1.62 bits per heavy atom. The molecule has 0 bridgehead atoms. The quantitative estimate of drug-likeness (QED) is 0.574. The van der Waals surface area contributed by atoms with Gasteiger partial charge in [-0.05, 0) is 36.2 Å². The van der Waals surface area contributed by atoms with Gasteiger partial charge in [0.1, 0.15) is 5.84 Å². The van der Waals surface area contributed by atoms with E-state index >= 15 is 0 Å². The van der Waals surface area contributed by atoms with Crippen LogP contribution in [0.15, 0.2) is 87.3 Å². The molecule has 0 aromatic heterocycles. The predicted octanol–water partition coefficient (Wildman–Crippen LogP) is 5.96. The van der Waals surface area contributed by atoms with Gasteiger partial charge in [-0.2, -0.15) is 0 Å². The van der Waals surface area contributed by atoms with Crippen molar-refractivity contribution in [1.29, 1.82) is 0 Å². The number of halogens is 1. The van der Waals surface area contributed by atoms with Crippen molar-refractivity contribution in [3.8, 4) is 0 Å². The molecule has 1 aliphatic heterocycles. The van der Waals surface area contributed by atoms with Gasteiger partial charge in [0.15, 0.2) is 5.84 Å². The summed E-state index contributed by atoms with van der Waals surface area (Å²) in [5.41, 5.74) is 5.17. The van der Waals surface area contributed by atoms with Crippen LogP contribution in [0.25, 0.3) is 0 Å². The first kappa shape index (κ1) is 16.7. The number of benzene rings is 3. The van der Waals surface area contributed by atoms with Crippen LogP contribution in [0, 0.1) is 0 Å². The smallest absolute Gasteiger partial charge is 0.162 e. The average Bonchev–Trinajstić information content (AvgIpc) is 2.88. The fourth-order valence-corrected chi connectivity index (χ4v) is 3.13. The second-order valence-corrected chi connectivity index (χ2v) is 7.01. The van der Waals surface area contributed by atoms with E-state index in [1.54, 1.807) is 0 Å². The van der Waals surface area contributed by atoms with Crippen molar-refractivity contribution in [2.24, 2.45) is 9.98 Å². The first-order valence-electron chi connectivity index (χ1n) is 8.61. The molecule has 128 valence electrons. The van der Waals surface area contributed by atoms with E-state index in [-0.39, 0.29) is 0 Å². The minimum atomic E-state index is 0.701. The third-order valence-corrected chi connectivity index (χ3v) is 4.84. The van der Waals surface area contributed by atoms with E-state index in [2.05, 4.69) is 58.5 Å². The van der Waals surface area contributed by atoms with Crippen LogP contribution in [-0.2, 0) is 6.42 Å². The number of aryl methyl sites for hydroxylation is 1. The number of hydrogen-bond donors (Lipinski definition) is 1. The zero-order valence-electron chi connectivity index (χ0n) is 14.4. The highest BCUT2D eigenvalue weighted by atomic mass is 79.9. The Bertz CT molecular complexity index is 990. The van der Waals surface area contributed by atoms with E-state index < -0.39 is 0 Å². The maximum Gasteiger partial charge on any atom is 0.162 e. The molecule has 4 heteroatoms. The Labute approximate surface area is 161 Å². The monoisotopic (exact) mass is 403 g/mol. The lowest BCUT2D eigenvalue weighted by Gasteiger charge is -2.11. The van der Waals surface area contributed by atoms with Gasteiger partial charge in [-0.1, -0.05) is 71.4 Å². The van der Waals surface area contributed by atoms with Crippen LogP contribution in [0.3, 0.4) is 0 Å². The van der Waals surface area contributed by atoms with E-state index in [1.807, 2.05) is 42.5 Å². The lowest BCUT2D eigenvalue weighted by molar-refractivity contribution is 1.14. The average molecular weight is 404 g/mol. The molecule has 0 unspecified atom stereocenters. The normalized spacial score (nSPS) is 13.2. The molecule has 3 aromatic carbocycles. The summed E-state index contributed by atoms with van der Waals surface area (Å²) in [7, 11) is 0. The van der Waals surface area contributed by atoms with Gasteiger partial charge in [0.25, 0.3) is 0 Å². The fourth-order valence-electron chi connectivity index (χ4n) is 2.86. The molecule has 4 rings (SSSR count). The maximum atomic E-state index is 4.86. The summed E-state index contributed by atoms with van der Waals surface area (Å²) in [6, 6.07) is 24.6. The molecule has 1 N–H and O–H groups in total. The van der Waals surface area contributed by atoms with Crippen molar-refractivity contribution < 1.29 is 0 Å². The van der Waals surface area contributed by atoms with E-state index in [0.29, 0.717) is 5.84 Å². The van der Waals surface area contributed by atoms with Crippen LogP contribution in [0.1, 0.15) is 23.6 Å². The van der Waals surface area contributed by atoms with Crippen LogP contribution < -0.4 is 5.32 Å². The van der Waals surface area contributed by atoms with Crippen LogP contribution >= 0.6 is 15.9 Å². The number of nitrogens with one attached hydrogen (secondary N) is 1. The van der Waals surface area contributed by atoms with Gasteiger partial charge in [0, 0.05) is 15.6 Å².